The van der Waals surface area contributed by atoms with Crippen LogP contribution in [0.2, 0.25) is 5.02 Å². The number of hydrogen-bond acceptors (Lipinski definition) is 5. The molecular formula is C25H21ClN4O2. The van der Waals surface area contributed by atoms with Gasteiger partial charge in [-0.05, 0) is 48.4 Å². The summed E-state index contributed by atoms with van der Waals surface area (Å²) in [6, 6.07) is 21.5. The predicted octanol–water partition coefficient (Wildman–Crippen LogP) is 5.56. The summed E-state index contributed by atoms with van der Waals surface area (Å²) >= 11 is 6.27. The first-order chi connectivity index (χ1) is 15.7. The van der Waals surface area contributed by atoms with Crippen molar-refractivity contribution in [3.63, 3.8) is 0 Å². The van der Waals surface area contributed by atoms with E-state index in [4.69, 9.17) is 36.0 Å². The Morgan fingerprint density at radius 1 is 0.812 bits per heavy atom. The Labute approximate surface area is 190 Å². The lowest BCUT2D eigenvalue weighted by molar-refractivity contribution is 0.354. The van der Waals surface area contributed by atoms with Crippen molar-refractivity contribution >= 4 is 33.9 Å². The van der Waals surface area contributed by atoms with Crippen LogP contribution in [0.5, 0.6) is 11.5 Å². The molecule has 6 nitrogen and oxygen atoms in total. The minimum absolute atomic E-state index is 0.617. The molecule has 32 heavy (non-hydrogen) atoms. The van der Waals surface area contributed by atoms with E-state index in [1.54, 1.807) is 14.2 Å². The fourth-order valence-electron chi connectivity index (χ4n) is 3.84. The molecule has 0 amide bonds. The highest BCUT2D eigenvalue weighted by atomic mass is 35.5. The van der Waals surface area contributed by atoms with Crippen LogP contribution in [0.4, 0.5) is 0 Å². The van der Waals surface area contributed by atoms with E-state index in [-0.39, 0.29) is 0 Å². The average molecular weight is 445 g/mol. The van der Waals surface area contributed by atoms with Crippen molar-refractivity contribution in [3.05, 3.63) is 77.3 Å². The molecule has 0 unspecified atom stereocenters. The number of halogens is 1. The van der Waals surface area contributed by atoms with Gasteiger partial charge in [-0.1, -0.05) is 41.9 Å². The molecule has 0 aliphatic carbocycles. The molecule has 0 fully saturated rings. The number of hydrogen-bond donors (Lipinski definition) is 0. The van der Waals surface area contributed by atoms with E-state index in [2.05, 4.69) is 4.57 Å². The predicted molar refractivity (Wildman–Crippen MR) is 127 cm³/mol. The normalized spacial score (nSPS) is 11.2. The maximum absolute atomic E-state index is 6.27. The molecule has 0 radical (unpaired) electrons. The lowest BCUT2D eigenvalue weighted by Crippen LogP contribution is -2.05. The van der Waals surface area contributed by atoms with E-state index >= 15 is 0 Å². The SMILES string of the molecule is COc1ccc(CCn2c(-c3cccc(Cl)c3)nc3nc4ccccc4nc32)cc1OC. The molecule has 5 aromatic rings. The summed E-state index contributed by atoms with van der Waals surface area (Å²) in [6.45, 7) is 0.668. The van der Waals surface area contributed by atoms with E-state index in [0.717, 1.165) is 40.1 Å². The van der Waals surface area contributed by atoms with E-state index in [9.17, 15) is 0 Å². The summed E-state index contributed by atoms with van der Waals surface area (Å²) in [7, 11) is 3.28. The van der Waals surface area contributed by atoms with Crippen molar-refractivity contribution in [3.8, 4) is 22.9 Å². The lowest BCUT2D eigenvalue weighted by atomic mass is 10.1. The molecule has 2 heterocycles. The van der Waals surface area contributed by atoms with Gasteiger partial charge in [0, 0.05) is 17.1 Å². The highest BCUT2D eigenvalue weighted by molar-refractivity contribution is 6.30. The minimum atomic E-state index is 0.617. The summed E-state index contributed by atoms with van der Waals surface area (Å²) in [5, 5.41) is 0.659. The van der Waals surface area contributed by atoms with Crippen molar-refractivity contribution in [2.24, 2.45) is 0 Å². The monoisotopic (exact) mass is 444 g/mol. The number of aromatic nitrogens is 4. The zero-order chi connectivity index (χ0) is 22.1. The Morgan fingerprint density at radius 2 is 1.59 bits per heavy atom. The summed E-state index contributed by atoms with van der Waals surface area (Å²) in [6.07, 6.45) is 0.758. The van der Waals surface area contributed by atoms with Gasteiger partial charge < -0.3 is 14.0 Å². The van der Waals surface area contributed by atoms with Gasteiger partial charge in [-0.25, -0.2) is 15.0 Å². The molecule has 3 aromatic carbocycles. The van der Waals surface area contributed by atoms with Gasteiger partial charge in [0.1, 0.15) is 5.82 Å². The first-order valence-corrected chi connectivity index (χ1v) is 10.6. The number of nitrogens with zero attached hydrogens (tertiary/aromatic N) is 4. The molecule has 0 N–H and O–H groups in total. The maximum Gasteiger partial charge on any atom is 0.198 e. The molecule has 7 heteroatoms. The Hall–Kier alpha value is -3.64. The molecule has 0 bridgehead atoms. The van der Waals surface area contributed by atoms with E-state index in [1.807, 2.05) is 66.7 Å². The molecule has 160 valence electrons. The molecule has 2 aromatic heterocycles. The molecular weight excluding hydrogens is 424 g/mol. The molecule has 0 atom stereocenters. The van der Waals surface area contributed by atoms with Crippen molar-refractivity contribution in [1.29, 1.82) is 0 Å². The molecule has 0 spiro atoms. The van der Waals surface area contributed by atoms with Crippen LogP contribution in [0.3, 0.4) is 0 Å². The van der Waals surface area contributed by atoms with Crippen LogP contribution in [0.1, 0.15) is 5.56 Å². The maximum atomic E-state index is 6.27. The molecule has 0 aliphatic heterocycles. The van der Waals surface area contributed by atoms with Gasteiger partial charge in [-0.3, -0.25) is 0 Å². The highest BCUT2D eigenvalue weighted by Gasteiger charge is 2.17. The van der Waals surface area contributed by atoms with Crippen molar-refractivity contribution in [1.82, 2.24) is 19.5 Å². The minimum Gasteiger partial charge on any atom is -0.493 e. The number of aryl methyl sites for hydroxylation is 2. The van der Waals surface area contributed by atoms with Crippen LogP contribution in [0, 0.1) is 0 Å². The molecule has 5 rings (SSSR count). The number of benzene rings is 3. The Morgan fingerprint density at radius 3 is 2.34 bits per heavy atom. The van der Waals surface area contributed by atoms with Gasteiger partial charge in [-0.15, -0.1) is 0 Å². The third kappa shape index (κ3) is 3.74. The smallest absolute Gasteiger partial charge is 0.198 e. The Balaban J connectivity index is 1.61. The van der Waals surface area contributed by atoms with E-state index in [0.29, 0.717) is 28.7 Å². The molecule has 0 aliphatic rings. The third-order valence-electron chi connectivity index (χ3n) is 5.41. The zero-order valence-electron chi connectivity index (χ0n) is 17.7. The van der Waals surface area contributed by atoms with Crippen molar-refractivity contribution in [2.75, 3.05) is 14.2 Å². The van der Waals surface area contributed by atoms with E-state index in [1.165, 1.54) is 0 Å². The fraction of sp³-hybridized carbons (Fsp3) is 0.160. The van der Waals surface area contributed by atoms with Gasteiger partial charge in [0.2, 0.25) is 0 Å². The number of methoxy groups -OCH3 is 2. The quantitative estimate of drug-likeness (QED) is 0.343. The number of ether oxygens (including phenoxy) is 2. The van der Waals surface area contributed by atoms with Crippen LogP contribution in [-0.2, 0) is 13.0 Å². The van der Waals surface area contributed by atoms with Gasteiger partial charge >= 0.3 is 0 Å². The van der Waals surface area contributed by atoms with Crippen molar-refractivity contribution < 1.29 is 9.47 Å². The summed E-state index contributed by atoms with van der Waals surface area (Å²) in [4.78, 5) is 14.5. The number of para-hydroxylation sites is 2. The fourth-order valence-corrected chi connectivity index (χ4v) is 4.03. The second-order valence-electron chi connectivity index (χ2n) is 7.40. The number of fused-ring (bicyclic) bond motifs is 2. The van der Waals surface area contributed by atoms with Crippen LogP contribution >= 0.6 is 11.6 Å². The van der Waals surface area contributed by atoms with Crippen molar-refractivity contribution in [2.45, 2.75) is 13.0 Å². The first kappa shape index (κ1) is 20.3. The highest BCUT2D eigenvalue weighted by Crippen LogP contribution is 2.30. The Kier molecular flexibility index (Phi) is 5.37. The van der Waals surface area contributed by atoms with Crippen LogP contribution < -0.4 is 9.47 Å². The van der Waals surface area contributed by atoms with Gasteiger partial charge in [-0.2, -0.15) is 0 Å². The van der Waals surface area contributed by atoms with Gasteiger partial charge in [0.15, 0.2) is 22.8 Å². The second-order valence-corrected chi connectivity index (χ2v) is 7.83. The largest absolute Gasteiger partial charge is 0.493 e. The summed E-state index contributed by atoms with van der Waals surface area (Å²) < 4.78 is 12.9. The lowest BCUT2D eigenvalue weighted by Gasteiger charge is -2.12. The molecule has 0 saturated carbocycles. The second kappa shape index (κ2) is 8.48. The zero-order valence-corrected chi connectivity index (χ0v) is 18.5. The Bertz CT molecular complexity index is 1430. The standard InChI is InChI=1S/C25H21ClN4O2/c1-31-21-11-10-16(14-22(21)32-2)12-13-30-24(17-6-5-7-18(26)15-17)29-23-25(30)28-20-9-4-3-8-19(20)27-23/h3-11,14-15H,12-13H2,1-2H3. The first-order valence-electron chi connectivity index (χ1n) is 10.3. The van der Waals surface area contributed by atoms with Crippen LogP contribution in [0.25, 0.3) is 33.7 Å². The number of imidazole rings is 1. The van der Waals surface area contributed by atoms with E-state index < -0.39 is 0 Å². The summed E-state index contributed by atoms with van der Waals surface area (Å²) in [5.41, 5.74) is 5.07. The van der Waals surface area contributed by atoms with Crippen LogP contribution in [0.15, 0.2) is 66.7 Å². The van der Waals surface area contributed by atoms with Gasteiger partial charge in [0.05, 0.1) is 25.3 Å². The number of rotatable bonds is 6. The molecule has 0 saturated heterocycles. The summed E-state index contributed by atoms with van der Waals surface area (Å²) in [5.74, 6) is 2.21. The van der Waals surface area contributed by atoms with Gasteiger partial charge in [0.25, 0.3) is 0 Å². The van der Waals surface area contributed by atoms with Crippen LogP contribution in [-0.4, -0.2) is 33.7 Å². The average Bonchev–Trinajstić information content (AvgIpc) is 3.18. The third-order valence-corrected chi connectivity index (χ3v) is 5.65. The topological polar surface area (TPSA) is 62.1 Å².